The SMILES string of the molecule is CCOc1cc(C(O)C2CCOCC2)ccc1OC(F)F. The van der Waals surface area contributed by atoms with Gasteiger partial charge in [-0.25, -0.2) is 0 Å². The fraction of sp³-hybridized carbons (Fsp3) is 0.600. The Hall–Kier alpha value is -1.40. The number of aliphatic hydroxyl groups is 1. The molecule has 1 aromatic carbocycles. The van der Waals surface area contributed by atoms with Gasteiger partial charge >= 0.3 is 6.61 Å². The summed E-state index contributed by atoms with van der Waals surface area (Å²) in [7, 11) is 0. The lowest BCUT2D eigenvalue weighted by atomic mass is 9.89. The van der Waals surface area contributed by atoms with Crippen LogP contribution in [-0.4, -0.2) is 31.5 Å². The Morgan fingerprint density at radius 3 is 2.62 bits per heavy atom. The molecule has 2 rings (SSSR count). The maximum Gasteiger partial charge on any atom is 0.387 e. The number of aliphatic hydroxyl groups excluding tert-OH is 1. The Morgan fingerprint density at radius 2 is 2.00 bits per heavy atom. The van der Waals surface area contributed by atoms with Gasteiger partial charge in [-0.15, -0.1) is 0 Å². The highest BCUT2D eigenvalue weighted by atomic mass is 19.3. The Labute approximate surface area is 122 Å². The van der Waals surface area contributed by atoms with Crippen LogP contribution in [0.25, 0.3) is 0 Å². The van der Waals surface area contributed by atoms with Gasteiger partial charge in [0.2, 0.25) is 0 Å². The first kappa shape index (κ1) is 16.0. The van der Waals surface area contributed by atoms with Crippen molar-refractivity contribution in [3.05, 3.63) is 23.8 Å². The number of alkyl halides is 2. The molecular weight excluding hydrogens is 282 g/mol. The average Bonchev–Trinajstić information content (AvgIpc) is 2.49. The minimum atomic E-state index is -2.91. The van der Waals surface area contributed by atoms with Crippen LogP contribution in [0, 0.1) is 5.92 Å². The molecule has 0 bridgehead atoms. The second kappa shape index (κ2) is 7.56. The van der Waals surface area contributed by atoms with E-state index in [9.17, 15) is 13.9 Å². The number of ether oxygens (including phenoxy) is 3. The molecule has 1 saturated heterocycles. The summed E-state index contributed by atoms with van der Waals surface area (Å²) in [6.45, 7) is 0.444. The number of hydrogen-bond donors (Lipinski definition) is 1. The highest BCUT2D eigenvalue weighted by Gasteiger charge is 2.24. The van der Waals surface area contributed by atoms with Gasteiger partial charge in [0, 0.05) is 13.2 Å². The van der Waals surface area contributed by atoms with Crippen LogP contribution in [0.3, 0.4) is 0 Å². The van der Waals surface area contributed by atoms with Crippen molar-refractivity contribution >= 4 is 0 Å². The lowest BCUT2D eigenvalue weighted by Gasteiger charge is -2.27. The van der Waals surface area contributed by atoms with Crippen molar-refractivity contribution in [3.8, 4) is 11.5 Å². The van der Waals surface area contributed by atoms with Crippen molar-refractivity contribution in [1.82, 2.24) is 0 Å². The van der Waals surface area contributed by atoms with Gasteiger partial charge in [-0.1, -0.05) is 6.07 Å². The van der Waals surface area contributed by atoms with Crippen molar-refractivity contribution in [2.24, 2.45) is 5.92 Å². The molecule has 6 heteroatoms. The Kier molecular flexibility index (Phi) is 5.76. The highest BCUT2D eigenvalue weighted by Crippen LogP contribution is 2.36. The van der Waals surface area contributed by atoms with Crippen molar-refractivity contribution in [3.63, 3.8) is 0 Å². The molecule has 21 heavy (non-hydrogen) atoms. The Balaban J connectivity index is 2.17. The third-order valence-electron chi connectivity index (χ3n) is 3.54. The molecule has 1 heterocycles. The average molecular weight is 302 g/mol. The van der Waals surface area contributed by atoms with Crippen LogP contribution in [-0.2, 0) is 4.74 Å². The van der Waals surface area contributed by atoms with Gasteiger partial charge in [-0.05, 0) is 43.4 Å². The fourth-order valence-electron chi connectivity index (χ4n) is 2.47. The summed E-state index contributed by atoms with van der Waals surface area (Å²) >= 11 is 0. The molecule has 0 saturated carbocycles. The van der Waals surface area contributed by atoms with Crippen LogP contribution in [0.2, 0.25) is 0 Å². The molecule has 0 amide bonds. The molecule has 1 aliphatic heterocycles. The molecule has 0 radical (unpaired) electrons. The van der Waals surface area contributed by atoms with Crippen LogP contribution in [0.1, 0.15) is 31.4 Å². The Morgan fingerprint density at radius 1 is 1.29 bits per heavy atom. The molecule has 1 fully saturated rings. The first-order chi connectivity index (χ1) is 10.1. The van der Waals surface area contributed by atoms with E-state index in [1.807, 2.05) is 0 Å². The van der Waals surface area contributed by atoms with Crippen molar-refractivity contribution in [2.75, 3.05) is 19.8 Å². The van der Waals surface area contributed by atoms with Crippen LogP contribution in [0.15, 0.2) is 18.2 Å². The van der Waals surface area contributed by atoms with E-state index in [4.69, 9.17) is 9.47 Å². The van der Waals surface area contributed by atoms with E-state index in [-0.39, 0.29) is 17.4 Å². The van der Waals surface area contributed by atoms with Gasteiger partial charge in [0.25, 0.3) is 0 Å². The minimum absolute atomic E-state index is 0.0187. The summed E-state index contributed by atoms with van der Waals surface area (Å²) in [4.78, 5) is 0. The maximum absolute atomic E-state index is 12.3. The van der Waals surface area contributed by atoms with Crippen LogP contribution in [0.5, 0.6) is 11.5 Å². The third kappa shape index (κ3) is 4.28. The molecule has 0 aliphatic carbocycles. The van der Waals surface area contributed by atoms with Crippen molar-refractivity contribution < 1.29 is 28.1 Å². The predicted octanol–water partition coefficient (Wildman–Crippen LogP) is 3.15. The summed E-state index contributed by atoms with van der Waals surface area (Å²) < 4.78 is 39.7. The van der Waals surface area contributed by atoms with E-state index >= 15 is 0 Å². The first-order valence-corrected chi connectivity index (χ1v) is 7.09. The normalized spacial score (nSPS) is 17.8. The lowest BCUT2D eigenvalue weighted by Crippen LogP contribution is -2.22. The monoisotopic (exact) mass is 302 g/mol. The number of rotatable bonds is 6. The lowest BCUT2D eigenvalue weighted by molar-refractivity contribution is -0.0515. The van der Waals surface area contributed by atoms with Crippen LogP contribution < -0.4 is 9.47 Å². The summed E-state index contributed by atoms with van der Waals surface area (Å²) in [6.07, 6.45) is 0.898. The summed E-state index contributed by atoms with van der Waals surface area (Å²) in [6, 6.07) is 4.58. The van der Waals surface area contributed by atoms with E-state index in [1.165, 1.54) is 6.07 Å². The molecule has 1 N–H and O–H groups in total. The largest absolute Gasteiger partial charge is 0.490 e. The topological polar surface area (TPSA) is 47.9 Å². The summed E-state index contributed by atoms with van der Waals surface area (Å²) in [5, 5.41) is 10.4. The van der Waals surface area contributed by atoms with E-state index in [0.29, 0.717) is 25.4 Å². The zero-order chi connectivity index (χ0) is 15.2. The van der Waals surface area contributed by atoms with Gasteiger partial charge in [0.15, 0.2) is 11.5 Å². The second-order valence-electron chi connectivity index (χ2n) is 4.91. The minimum Gasteiger partial charge on any atom is -0.490 e. The molecule has 4 nitrogen and oxygen atoms in total. The van der Waals surface area contributed by atoms with Gasteiger partial charge in [-0.3, -0.25) is 0 Å². The highest BCUT2D eigenvalue weighted by molar-refractivity contribution is 5.43. The van der Waals surface area contributed by atoms with E-state index in [1.54, 1.807) is 19.1 Å². The number of halogens is 2. The molecule has 118 valence electrons. The summed E-state index contributed by atoms with van der Waals surface area (Å²) in [5.74, 6) is 0.311. The summed E-state index contributed by atoms with van der Waals surface area (Å²) in [5.41, 5.74) is 0.645. The number of benzene rings is 1. The van der Waals surface area contributed by atoms with E-state index in [0.717, 1.165) is 12.8 Å². The zero-order valence-electron chi connectivity index (χ0n) is 11.9. The predicted molar refractivity (Wildman–Crippen MR) is 72.7 cm³/mol. The Bertz CT molecular complexity index is 447. The smallest absolute Gasteiger partial charge is 0.387 e. The van der Waals surface area contributed by atoms with E-state index < -0.39 is 12.7 Å². The van der Waals surface area contributed by atoms with Gasteiger partial charge < -0.3 is 19.3 Å². The zero-order valence-corrected chi connectivity index (χ0v) is 11.9. The maximum atomic E-state index is 12.3. The van der Waals surface area contributed by atoms with Gasteiger partial charge in [0.05, 0.1) is 12.7 Å². The second-order valence-corrected chi connectivity index (χ2v) is 4.91. The molecular formula is C15H20F2O4. The van der Waals surface area contributed by atoms with Gasteiger partial charge in [0.1, 0.15) is 0 Å². The molecule has 0 aromatic heterocycles. The molecule has 1 unspecified atom stereocenters. The van der Waals surface area contributed by atoms with Crippen molar-refractivity contribution in [1.29, 1.82) is 0 Å². The molecule has 1 aliphatic rings. The fourth-order valence-corrected chi connectivity index (χ4v) is 2.47. The molecule has 1 atom stereocenters. The van der Waals surface area contributed by atoms with Gasteiger partial charge in [-0.2, -0.15) is 8.78 Å². The first-order valence-electron chi connectivity index (χ1n) is 7.09. The van der Waals surface area contributed by atoms with Crippen LogP contribution in [0.4, 0.5) is 8.78 Å². The quantitative estimate of drug-likeness (QED) is 0.877. The standard InChI is InChI=1S/C15H20F2O4/c1-2-20-13-9-11(3-4-12(13)21-15(16)17)14(18)10-5-7-19-8-6-10/h3-4,9-10,14-15,18H,2,5-8H2,1H3. The van der Waals surface area contributed by atoms with Crippen molar-refractivity contribution in [2.45, 2.75) is 32.5 Å². The van der Waals surface area contributed by atoms with E-state index in [2.05, 4.69) is 4.74 Å². The molecule has 1 aromatic rings. The number of hydrogen-bond acceptors (Lipinski definition) is 4. The van der Waals surface area contributed by atoms with Crippen LogP contribution >= 0.6 is 0 Å². The third-order valence-corrected chi connectivity index (χ3v) is 3.54. The molecule has 0 spiro atoms.